The molecule has 1 aliphatic rings. The van der Waals surface area contributed by atoms with Gasteiger partial charge in [-0.25, -0.2) is 17.6 Å². The van der Waals surface area contributed by atoms with E-state index >= 15 is 0 Å². The summed E-state index contributed by atoms with van der Waals surface area (Å²) < 4.78 is 47.3. The molecule has 0 spiro atoms. The molecule has 0 saturated carbocycles. The quantitative estimate of drug-likeness (QED) is 0.799. The zero-order valence-electron chi connectivity index (χ0n) is 17.2. The summed E-state index contributed by atoms with van der Waals surface area (Å²) in [5, 5.41) is 0. The monoisotopic (exact) mass is 415 g/mol. The van der Waals surface area contributed by atoms with Crippen molar-refractivity contribution in [1.29, 1.82) is 0 Å². The van der Waals surface area contributed by atoms with E-state index in [1.165, 1.54) is 13.0 Å². The van der Waals surface area contributed by atoms with E-state index in [2.05, 4.69) is 4.72 Å². The van der Waals surface area contributed by atoms with Crippen LogP contribution in [-0.2, 0) is 20.4 Å². The molecule has 1 aliphatic heterocycles. The summed E-state index contributed by atoms with van der Waals surface area (Å²) in [5.41, 5.74) is -1.61. The minimum Gasteiger partial charge on any atom is -0.444 e. The molecule has 0 radical (unpaired) electrons. The number of hydrogen-bond acceptors (Lipinski definition) is 5. The normalized spacial score (nSPS) is 18.6. The van der Waals surface area contributed by atoms with Crippen LogP contribution in [0, 0.1) is 5.82 Å². The second kappa shape index (κ2) is 8.34. The Bertz CT molecular complexity index is 802. The Morgan fingerprint density at radius 3 is 2.21 bits per heavy atom. The van der Waals surface area contributed by atoms with E-state index in [9.17, 15) is 17.6 Å². The molecule has 0 aromatic heterocycles. The number of piperazine rings is 1. The second-order valence-corrected chi connectivity index (χ2v) is 10.0. The third-order valence-corrected chi connectivity index (χ3v) is 6.16. The fourth-order valence-electron chi connectivity index (χ4n) is 3.18. The summed E-state index contributed by atoms with van der Waals surface area (Å²) in [4.78, 5) is 15.7. The van der Waals surface area contributed by atoms with Crippen molar-refractivity contribution >= 4 is 16.1 Å². The number of hydrogen-bond donors (Lipinski definition) is 1. The zero-order valence-corrected chi connectivity index (χ0v) is 18.0. The first-order valence-electron chi connectivity index (χ1n) is 9.37. The van der Waals surface area contributed by atoms with Crippen molar-refractivity contribution in [1.82, 2.24) is 14.5 Å². The highest BCUT2D eigenvalue weighted by Crippen LogP contribution is 2.30. The van der Waals surface area contributed by atoms with Crippen LogP contribution >= 0.6 is 0 Å². The van der Waals surface area contributed by atoms with E-state index in [1.807, 2.05) is 4.90 Å². The molecule has 1 heterocycles. The Kier molecular flexibility index (Phi) is 6.73. The van der Waals surface area contributed by atoms with Crippen molar-refractivity contribution in [3.8, 4) is 0 Å². The lowest BCUT2D eigenvalue weighted by atomic mass is 9.99. The Hall–Kier alpha value is -1.71. The van der Waals surface area contributed by atoms with Crippen LogP contribution in [0.1, 0.15) is 40.2 Å². The largest absolute Gasteiger partial charge is 0.444 e. The summed E-state index contributed by atoms with van der Waals surface area (Å²) in [7, 11) is -3.61. The molecule has 2 rings (SSSR count). The van der Waals surface area contributed by atoms with Crippen LogP contribution in [0.5, 0.6) is 0 Å². The second-order valence-electron chi connectivity index (χ2n) is 8.01. The van der Waals surface area contributed by atoms with Gasteiger partial charge in [0.2, 0.25) is 10.0 Å². The first-order chi connectivity index (χ1) is 12.9. The molecule has 1 saturated heterocycles. The highest BCUT2D eigenvalue weighted by molar-refractivity contribution is 7.89. The number of nitrogens with one attached hydrogen (secondary N) is 1. The Labute approximate surface area is 166 Å². The van der Waals surface area contributed by atoms with Crippen LogP contribution < -0.4 is 4.72 Å². The standard InChI is InChI=1S/C19H30FN3O4S/c1-6-28(25,26)21-19(5,15-9-7-8-10-16(15)20)23-13-11-22(12-14-23)17(24)27-18(2,3)4/h7-10,21H,6,11-14H2,1-5H3. The van der Waals surface area contributed by atoms with E-state index in [1.54, 1.807) is 50.8 Å². The van der Waals surface area contributed by atoms with Crippen LogP contribution in [-0.4, -0.2) is 61.8 Å². The number of carbonyl (C=O) groups is 1. The number of amides is 1. The van der Waals surface area contributed by atoms with E-state index in [0.29, 0.717) is 26.2 Å². The number of halogens is 1. The summed E-state index contributed by atoms with van der Waals surface area (Å²) in [6, 6.07) is 6.13. The average Bonchev–Trinajstić information content (AvgIpc) is 2.60. The topological polar surface area (TPSA) is 79.0 Å². The number of benzene rings is 1. The van der Waals surface area contributed by atoms with Crippen molar-refractivity contribution in [2.45, 2.75) is 45.9 Å². The van der Waals surface area contributed by atoms with Gasteiger partial charge in [-0.1, -0.05) is 18.2 Å². The van der Waals surface area contributed by atoms with Gasteiger partial charge in [0, 0.05) is 31.7 Å². The molecule has 7 nitrogen and oxygen atoms in total. The van der Waals surface area contributed by atoms with Crippen molar-refractivity contribution in [2.24, 2.45) is 0 Å². The molecule has 1 amide bonds. The van der Waals surface area contributed by atoms with Crippen LogP contribution in [0.3, 0.4) is 0 Å². The number of carbonyl (C=O) groups excluding carboxylic acids is 1. The summed E-state index contributed by atoms with van der Waals surface area (Å²) in [5.74, 6) is -0.604. The molecular formula is C19H30FN3O4S. The molecule has 1 fully saturated rings. The maximum Gasteiger partial charge on any atom is 0.410 e. The van der Waals surface area contributed by atoms with E-state index in [0.717, 1.165) is 0 Å². The zero-order chi connectivity index (χ0) is 21.2. The summed E-state index contributed by atoms with van der Waals surface area (Å²) in [6.07, 6.45) is -0.408. The number of ether oxygens (including phenoxy) is 1. The molecular weight excluding hydrogens is 385 g/mol. The van der Waals surface area contributed by atoms with Crippen LogP contribution in [0.15, 0.2) is 24.3 Å². The van der Waals surface area contributed by atoms with Gasteiger partial charge in [-0.2, -0.15) is 4.72 Å². The Morgan fingerprint density at radius 2 is 1.71 bits per heavy atom. The van der Waals surface area contributed by atoms with Gasteiger partial charge in [-0.15, -0.1) is 0 Å². The molecule has 1 aromatic rings. The third-order valence-electron chi connectivity index (χ3n) is 4.70. The predicted molar refractivity (Wildman–Crippen MR) is 106 cm³/mol. The fourth-order valence-corrected chi connectivity index (χ4v) is 4.17. The lowest BCUT2D eigenvalue weighted by Gasteiger charge is -2.46. The van der Waals surface area contributed by atoms with E-state index in [4.69, 9.17) is 4.74 Å². The first-order valence-corrected chi connectivity index (χ1v) is 11.0. The Balaban J connectivity index is 2.25. The number of nitrogens with zero attached hydrogens (tertiary/aromatic N) is 2. The number of sulfonamides is 1. The Morgan fingerprint density at radius 1 is 1.14 bits per heavy atom. The van der Waals surface area contributed by atoms with Crippen molar-refractivity contribution in [3.63, 3.8) is 0 Å². The van der Waals surface area contributed by atoms with E-state index in [-0.39, 0.29) is 11.3 Å². The molecule has 158 valence electrons. The van der Waals surface area contributed by atoms with Gasteiger partial charge in [-0.3, -0.25) is 4.90 Å². The third kappa shape index (κ3) is 5.42. The minimum absolute atomic E-state index is 0.116. The van der Waals surface area contributed by atoms with Crippen molar-refractivity contribution in [3.05, 3.63) is 35.6 Å². The molecule has 1 aromatic carbocycles. The van der Waals surface area contributed by atoms with Gasteiger partial charge in [0.05, 0.1) is 5.75 Å². The maximum absolute atomic E-state index is 14.6. The maximum atomic E-state index is 14.6. The molecule has 28 heavy (non-hydrogen) atoms. The molecule has 1 N–H and O–H groups in total. The van der Waals surface area contributed by atoms with Gasteiger partial charge in [-0.05, 0) is 40.7 Å². The first kappa shape index (κ1) is 22.6. The lowest BCUT2D eigenvalue weighted by Crippen LogP contribution is -2.62. The molecule has 0 bridgehead atoms. The van der Waals surface area contributed by atoms with Crippen LogP contribution in [0.2, 0.25) is 0 Å². The molecule has 1 unspecified atom stereocenters. The number of rotatable bonds is 5. The molecule has 0 aliphatic carbocycles. The van der Waals surface area contributed by atoms with Gasteiger partial charge >= 0.3 is 6.09 Å². The minimum atomic E-state index is -3.61. The predicted octanol–water partition coefficient (Wildman–Crippen LogP) is 2.49. The smallest absolute Gasteiger partial charge is 0.410 e. The lowest BCUT2D eigenvalue weighted by molar-refractivity contribution is -0.00485. The average molecular weight is 416 g/mol. The van der Waals surface area contributed by atoms with Gasteiger partial charge in [0.25, 0.3) is 0 Å². The van der Waals surface area contributed by atoms with Gasteiger partial charge < -0.3 is 9.64 Å². The van der Waals surface area contributed by atoms with Crippen molar-refractivity contribution < 1.29 is 22.3 Å². The SMILES string of the molecule is CCS(=O)(=O)NC(C)(c1ccccc1F)N1CCN(C(=O)OC(C)(C)C)CC1. The van der Waals surface area contributed by atoms with E-state index < -0.39 is 33.2 Å². The molecule has 9 heteroatoms. The summed E-state index contributed by atoms with van der Waals surface area (Å²) >= 11 is 0. The van der Waals surface area contributed by atoms with Crippen LogP contribution in [0.25, 0.3) is 0 Å². The van der Waals surface area contributed by atoms with Crippen LogP contribution in [0.4, 0.5) is 9.18 Å². The van der Waals surface area contributed by atoms with Gasteiger partial charge in [0.1, 0.15) is 17.1 Å². The highest BCUT2D eigenvalue weighted by atomic mass is 32.2. The highest BCUT2D eigenvalue weighted by Gasteiger charge is 2.41. The summed E-state index contributed by atoms with van der Waals surface area (Å²) in [6.45, 7) is 10.0. The van der Waals surface area contributed by atoms with Gasteiger partial charge in [0.15, 0.2) is 0 Å². The fraction of sp³-hybridized carbons (Fsp3) is 0.632. The molecule has 1 atom stereocenters. The van der Waals surface area contributed by atoms with Crippen molar-refractivity contribution in [2.75, 3.05) is 31.9 Å².